The minimum absolute atomic E-state index is 0.0537. The van der Waals surface area contributed by atoms with Gasteiger partial charge in [0, 0.05) is 11.9 Å². The lowest BCUT2D eigenvalue weighted by Crippen LogP contribution is -2.20. The second kappa shape index (κ2) is 4.69. The minimum atomic E-state index is -0.224. The van der Waals surface area contributed by atoms with E-state index in [1.165, 1.54) is 6.07 Å². The van der Waals surface area contributed by atoms with Crippen molar-refractivity contribution in [2.75, 3.05) is 5.32 Å². The van der Waals surface area contributed by atoms with E-state index in [1.807, 2.05) is 13.0 Å². The summed E-state index contributed by atoms with van der Waals surface area (Å²) >= 11 is 0. The Balaban J connectivity index is 2.03. The van der Waals surface area contributed by atoms with Crippen LogP contribution in [0.5, 0.6) is 5.75 Å². The number of anilines is 1. The van der Waals surface area contributed by atoms with Gasteiger partial charge in [-0.15, -0.1) is 0 Å². The van der Waals surface area contributed by atoms with Gasteiger partial charge < -0.3 is 10.4 Å². The number of carbonyl (C=O) groups is 1. The molecular formula is C12H13N3O2. The van der Waals surface area contributed by atoms with Gasteiger partial charge in [0.05, 0.1) is 5.69 Å². The number of para-hydroxylation sites is 2. The van der Waals surface area contributed by atoms with Gasteiger partial charge in [0.1, 0.15) is 12.3 Å². The third-order valence-corrected chi connectivity index (χ3v) is 2.40. The monoisotopic (exact) mass is 231 g/mol. The first-order chi connectivity index (χ1) is 8.16. The topological polar surface area (TPSA) is 67.2 Å². The van der Waals surface area contributed by atoms with Crippen molar-refractivity contribution in [3.05, 3.63) is 42.2 Å². The van der Waals surface area contributed by atoms with Crippen LogP contribution in [0, 0.1) is 6.92 Å². The lowest BCUT2D eigenvalue weighted by atomic mass is 10.3. The number of nitrogens with one attached hydrogen (secondary N) is 1. The SMILES string of the molecule is Cc1ccnn1CC(=O)Nc1ccccc1O. The predicted molar refractivity (Wildman–Crippen MR) is 63.7 cm³/mol. The smallest absolute Gasteiger partial charge is 0.246 e. The van der Waals surface area contributed by atoms with Gasteiger partial charge >= 0.3 is 0 Å². The fourth-order valence-corrected chi connectivity index (χ4v) is 1.47. The molecule has 0 saturated carbocycles. The molecule has 0 atom stereocenters. The summed E-state index contributed by atoms with van der Waals surface area (Å²) in [6, 6.07) is 8.43. The van der Waals surface area contributed by atoms with Crippen LogP contribution in [-0.4, -0.2) is 20.8 Å². The Labute approximate surface area is 98.7 Å². The summed E-state index contributed by atoms with van der Waals surface area (Å²) in [5.74, 6) is -0.170. The lowest BCUT2D eigenvalue weighted by molar-refractivity contribution is -0.117. The molecule has 0 aliphatic carbocycles. The molecule has 1 amide bonds. The number of hydrogen-bond acceptors (Lipinski definition) is 3. The second-order valence-corrected chi connectivity index (χ2v) is 3.70. The summed E-state index contributed by atoms with van der Waals surface area (Å²) in [7, 11) is 0. The number of benzene rings is 1. The van der Waals surface area contributed by atoms with Crippen LogP contribution in [0.25, 0.3) is 0 Å². The van der Waals surface area contributed by atoms with E-state index in [-0.39, 0.29) is 18.2 Å². The number of rotatable bonds is 3. The number of aryl methyl sites for hydroxylation is 1. The van der Waals surface area contributed by atoms with E-state index in [4.69, 9.17) is 0 Å². The zero-order chi connectivity index (χ0) is 12.3. The average Bonchev–Trinajstić information content (AvgIpc) is 2.68. The van der Waals surface area contributed by atoms with Crippen molar-refractivity contribution in [3.8, 4) is 5.75 Å². The minimum Gasteiger partial charge on any atom is -0.506 e. The van der Waals surface area contributed by atoms with Gasteiger partial charge in [-0.25, -0.2) is 0 Å². The quantitative estimate of drug-likeness (QED) is 0.787. The zero-order valence-corrected chi connectivity index (χ0v) is 9.42. The second-order valence-electron chi connectivity index (χ2n) is 3.70. The van der Waals surface area contributed by atoms with Gasteiger partial charge in [-0.3, -0.25) is 9.48 Å². The number of aromatic nitrogens is 2. The Kier molecular flexibility index (Phi) is 3.09. The van der Waals surface area contributed by atoms with Crippen molar-refractivity contribution in [1.29, 1.82) is 0 Å². The van der Waals surface area contributed by atoms with Crippen LogP contribution in [0.15, 0.2) is 36.5 Å². The standard InChI is InChI=1S/C12H13N3O2/c1-9-6-7-13-15(9)8-12(17)14-10-4-2-3-5-11(10)16/h2-7,16H,8H2,1H3,(H,14,17). The highest BCUT2D eigenvalue weighted by Gasteiger charge is 2.07. The van der Waals surface area contributed by atoms with E-state index >= 15 is 0 Å². The van der Waals surface area contributed by atoms with Gasteiger partial charge in [-0.1, -0.05) is 12.1 Å². The Morgan fingerprint density at radius 1 is 1.41 bits per heavy atom. The molecule has 1 aromatic heterocycles. The molecule has 2 N–H and O–H groups in total. The number of nitrogens with zero attached hydrogens (tertiary/aromatic N) is 2. The van der Waals surface area contributed by atoms with Crippen molar-refractivity contribution in [1.82, 2.24) is 9.78 Å². The van der Waals surface area contributed by atoms with Crippen molar-refractivity contribution in [3.63, 3.8) is 0 Å². The summed E-state index contributed by atoms with van der Waals surface area (Å²) in [4.78, 5) is 11.7. The van der Waals surface area contributed by atoms with E-state index in [9.17, 15) is 9.90 Å². The van der Waals surface area contributed by atoms with Crippen LogP contribution in [0.1, 0.15) is 5.69 Å². The molecule has 1 aromatic carbocycles. The molecule has 0 bridgehead atoms. The number of phenols is 1. The maximum Gasteiger partial charge on any atom is 0.246 e. The Hall–Kier alpha value is -2.30. The summed E-state index contributed by atoms with van der Waals surface area (Å²) in [6.45, 7) is 2.01. The maximum atomic E-state index is 11.7. The van der Waals surface area contributed by atoms with Crippen LogP contribution in [0.3, 0.4) is 0 Å². The first kappa shape index (κ1) is 11.2. The van der Waals surface area contributed by atoms with Crippen molar-refractivity contribution in [2.24, 2.45) is 0 Å². The van der Waals surface area contributed by atoms with Crippen molar-refractivity contribution >= 4 is 11.6 Å². The Morgan fingerprint density at radius 2 is 2.18 bits per heavy atom. The molecule has 0 radical (unpaired) electrons. The molecule has 5 heteroatoms. The zero-order valence-electron chi connectivity index (χ0n) is 9.42. The molecule has 0 fully saturated rings. The molecule has 0 saturated heterocycles. The third-order valence-electron chi connectivity index (χ3n) is 2.40. The molecular weight excluding hydrogens is 218 g/mol. The average molecular weight is 231 g/mol. The summed E-state index contributed by atoms with van der Waals surface area (Å²) in [5.41, 5.74) is 1.32. The number of aromatic hydroxyl groups is 1. The predicted octanol–water partition coefficient (Wildman–Crippen LogP) is 1.54. The molecule has 2 aromatic rings. The molecule has 0 spiro atoms. The van der Waals surface area contributed by atoms with Gasteiger partial charge in [-0.05, 0) is 25.1 Å². The van der Waals surface area contributed by atoms with Gasteiger partial charge in [0.25, 0.3) is 0 Å². The van der Waals surface area contributed by atoms with Crippen molar-refractivity contribution < 1.29 is 9.90 Å². The first-order valence-electron chi connectivity index (χ1n) is 5.23. The van der Waals surface area contributed by atoms with Gasteiger partial charge in [0.15, 0.2) is 0 Å². The lowest BCUT2D eigenvalue weighted by Gasteiger charge is -2.07. The highest BCUT2D eigenvalue weighted by atomic mass is 16.3. The number of amides is 1. The molecule has 17 heavy (non-hydrogen) atoms. The molecule has 88 valence electrons. The Morgan fingerprint density at radius 3 is 2.82 bits per heavy atom. The number of carbonyl (C=O) groups excluding carboxylic acids is 1. The molecule has 2 rings (SSSR count). The van der Waals surface area contributed by atoms with E-state index in [0.29, 0.717) is 5.69 Å². The summed E-state index contributed by atoms with van der Waals surface area (Å²) < 4.78 is 1.59. The third kappa shape index (κ3) is 2.63. The van der Waals surface area contributed by atoms with Crippen molar-refractivity contribution in [2.45, 2.75) is 13.5 Å². The first-order valence-corrected chi connectivity index (χ1v) is 5.23. The highest BCUT2D eigenvalue weighted by molar-refractivity contribution is 5.91. The maximum absolute atomic E-state index is 11.7. The van der Waals surface area contributed by atoms with Crippen LogP contribution in [-0.2, 0) is 11.3 Å². The molecule has 0 aliphatic rings. The normalized spacial score (nSPS) is 10.2. The van der Waals surface area contributed by atoms with Gasteiger partial charge in [-0.2, -0.15) is 5.10 Å². The van der Waals surface area contributed by atoms with E-state index in [2.05, 4.69) is 10.4 Å². The summed E-state index contributed by atoms with van der Waals surface area (Å²) in [6.07, 6.45) is 1.64. The highest BCUT2D eigenvalue weighted by Crippen LogP contribution is 2.21. The molecule has 0 unspecified atom stereocenters. The van der Waals surface area contributed by atoms with Crippen LogP contribution < -0.4 is 5.32 Å². The van der Waals surface area contributed by atoms with Crippen LogP contribution in [0.2, 0.25) is 0 Å². The fraction of sp³-hybridized carbons (Fsp3) is 0.167. The van der Waals surface area contributed by atoms with E-state index < -0.39 is 0 Å². The van der Waals surface area contributed by atoms with Gasteiger partial charge in [0.2, 0.25) is 5.91 Å². The van der Waals surface area contributed by atoms with Crippen LogP contribution in [0.4, 0.5) is 5.69 Å². The summed E-state index contributed by atoms with van der Waals surface area (Å²) in [5, 5.41) is 16.1. The van der Waals surface area contributed by atoms with E-state index in [1.54, 1.807) is 29.1 Å². The molecule has 5 nitrogen and oxygen atoms in total. The Bertz CT molecular complexity index is 534. The van der Waals surface area contributed by atoms with E-state index in [0.717, 1.165) is 5.69 Å². The fourth-order valence-electron chi connectivity index (χ4n) is 1.47. The van der Waals surface area contributed by atoms with Crippen LogP contribution >= 0.6 is 0 Å². The molecule has 0 aliphatic heterocycles. The molecule has 1 heterocycles. The number of phenolic OH excluding ortho intramolecular Hbond substituents is 1. The number of hydrogen-bond donors (Lipinski definition) is 2. The largest absolute Gasteiger partial charge is 0.506 e.